The summed E-state index contributed by atoms with van der Waals surface area (Å²) in [6.45, 7) is -0.157. The smallest absolute Gasteiger partial charge is 0.294 e. The minimum atomic E-state index is -0.825. The van der Waals surface area contributed by atoms with E-state index in [0.29, 0.717) is 19.4 Å². The van der Waals surface area contributed by atoms with Crippen molar-refractivity contribution in [2.24, 2.45) is 0 Å². The van der Waals surface area contributed by atoms with E-state index in [0.717, 1.165) is 0 Å². The van der Waals surface area contributed by atoms with Crippen molar-refractivity contribution >= 4 is 5.91 Å². The molecule has 3 N–H and O–H groups in total. The van der Waals surface area contributed by atoms with Gasteiger partial charge in [0.1, 0.15) is 12.3 Å². The van der Waals surface area contributed by atoms with E-state index in [4.69, 9.17) is 15.3 Å². The molecule has 0 saturated carbocycles. The lowest BCUT2D eigenvalue weighted by atomic mass is 10.3. The van der Waals surface area contributed by atoms with Crippen molar-refractivity contribution in [3.63, 3.8) is 0 Å². The average Bonchev–Trinajstić information content (AvgIpc) is 2.50. The maximum absolute atomic E-state index is 10.9. The lowest BCUT2D eigenvalue weighted by Crippen LogP contribution is -2.29. The van der Waals surface area contributed by atoms with Crippen LogP contribution in [0.25, 0.3) is 0 Å². The van der Waals surface area contributed by atoms with Gasteiger partial charge in [0.25, 0.3) is 11.9 Å². The Bertz CT molecular complexity index is 219. The van der Waals surface area contributed by atoms with E-state index in [9.17, 15) is 4.79 Å². The number of carbonyl (C=O) groups is 1. The molecule has 0 unspecified atom stereocenters. The van der Waals surface area contributed by atoms with Gasteiger partial charge in [-0.15, -0.1) is 0 Å². The first-order valence-corrected chi connectivity index (χ1v) is 3.69. The highest BCUT2D eigenvalue weighted by Gasteiger charge is 2.25. The van der Waals surface area contributed by atoms with Gasteiger partial charge in [0, 0.05) is 6.54 Å². The molecule has 0 aliphatic carbocycles. The van der Waals surface area contributed by atoms with E-state index < -0.39 is 18.5 Å². The number of hydrogen-bond donors (Lipinski definition) is 3. The monoisotopic (exact) mass is 173 g/mol. The normalized spacial score (nSPS) is 16.8. The molecule has 1 heterocycles. The Morgan fingerprint density at radius 2 is 2.17 bits per heavy atom. The Labute approximate surface area is 69.5 Å². The first kappa shape index (κ1) is 8.86. The molecule has 0 radical (unpaired) electrons. The van der Waals surface area contributed by atoms with Gasteiger partial charge in [0.05, 0.1) is 0 Å². The SMILES string of the molecule is O=C(CO)N1CCCC1=C(O)O. The first-order valence-electron chi connectivity index (χ1n) is 3.69. The zero-order valence-corrected chi connectivity index (χ0v) is 6.53. The highest BCUT2D eigenvalue weighted by Crippen LogP contribution is 2.22. The van der Waals surface area contributed by atoms with Crippen LogP contribution in [0.1, 0.15) is 12.8 Å². The maximum atomic E-state index is 10.9. The summed E-state index contributed by atoms with van der Waals surface area (Å²) in [5, 5.41) is 26.0. The molecule has 68 valence electrons. The summed E-state index contributed by atoms with van der Waals surface area (Å²) in [4.78, 5) is 12.1. The number of rotatable bonds is 1. The largest absolute Gasteiger partial charge is 0.480 e. The van der Waals surface area contributed by atoms with Gasteiger partial charge in [-0.1, -0.05) is 0 Å². The summed E-state index contributed by atoms with van der Waals surface area (Å²) in [6, 6.07) is 0. The van der Waals surface area contributed by atoms with Crippen LogP contribution in [0.15, 0.2) is 11.6 Å². The maximum Gasteiger partial charge on any atom is 0.294 e. The van der Waals surface area contributed by atoms with E-state index in [2.05, 4.69) is 0 Å². The van der Waals surface area contributed by atoms with Crippen molar-refractivity contribution < 1.29 is 20.1 Å². The van der Waals surface area contributed by atoms with E-state index in [1.165, 1.54) is 4.90 Å². The van der Waals surface area contributed by atoms with Crippen LogP contribution in [0.5, 0.6) is 0 Å². The van der Waals surface area contributed by atoms with Crippen LogP contribution in [0.4, 0.5) is 0 Å². The fraction of sp³-hybridized carbons (Fsp3) is 0.571. The fourth-order valence-corrected chi connectivity index (χ4v) is 1.27. The van der Waals surface area contributed by atoms with Gasteiger partial charge >= 0.3 is 0 Å². The number of hydrogen-bond acceptors (Lipinski definition) is 4. The third kappa shape index (κ3) is 1.50. The van der Waals surface area contributed by atoms with Gasteiger partial charge in [0.2, 0.25) is 0 Å². The van der Waals surface area contributed by atoms with Crippen molar-refractivity contribution in [3.05, 3.63) is 11.6 Å². The first-order chi connectivity index (χ1) is 5.66. The van der Waals surface area contributed by atoms with Crippen molar-refractivity contribution in [2.45, 2.75) is 12.8 Å². The fourth-order valence-electron chi connectivity index (χ4n) is 1.27. The van der Waals surface area contributed by atoms with Gasteiger partial charge in [0.15, 0.2) is 0 Å². The molecule has 12 heavy (non-hydrogen) atoms. The Hall–Kier alpha value is -1.23. The van der Waals surface area contributed by atoms with Gasteiger partial charge in [-0.05, 0) is 12.8 Å². The Morgan fingerprint density at radius 3 is 2.67 bits per heavy atom. The topological polar surface area (TPSA) is 81.0 Å². The summed E-state index contributed by atoms with van der Waals surface area (Å²) >= 11 is 0. The molecule has 0 spiro atoms. The predicted octanol–water partition coefficient (Wildman–Crippen LogP) is -0.114. The standard InChI is InChI=1S/C7H11NO4/c9-4-6(10)8-3-1-2-5(8)7(11)12/h9,11-12H,1-4H2. The quantitative estimate of drug-likeness (QED) is 0.483. The number of carbonyl (C=O) groups excluding carboxylic acids is 1. The van der Waals surface area contributed by atoms with Gasteiger partial charge in [-0.2, -0.15) is 0 Å². The van der Waals surface area contributed by atoms with Crippen LogP contribution in [0, 0.1) is 0 Å². The van der Waals surface area contributed by atoms with E-state index in [1.54, 1.807) is 0 Å². The van der Waals surface area contributed by atoms with Crippen molar-refractivity contribution in [1.29, 1.82) is 0 Å². The second kappa shape index (κ2) is 3.44. The highest BCUT2D eigenvalue weighted by molar-refractivity contribution is 5.79. The van der Waals surface area contributed by atoms with Crippen LogP contribution in [-0.4, -0.2) is 39.3 Å². The van der Waals surface area contributed by atoms with Gasteiger partial charge in [-0.3, -0.25) is 4.79 Å². The zero-order chi connectivity index (χ0) is 9.14. The summed E-state index contributed by atoms with van der Waals surface area (Å²) in [5.74, 6) is -1.32. The molecule has 0 aromatic rings. The molecule has 0 aromatic heterocycles. The summed E-state index contributed by atoms with van der Waals surface area (Å²) in [5.41, 5.74) is 0.203. The summed E-state index contributed by atoms with van der Waals surface area (Å²) < 4.78 is 0. The Kier molecular flexibility index (Phi) is 2.54. The minimum absolute atomic E-state index is 0.203. The third-order valence-corrected chi connectivity index (χ3v) is 1.82. The lowest BCUT2D eigenvalue weighted by Gasteiger charge is -2.15. The van der Waals surface area contributed by atoms with Crippen LogP contribution >= 0.6 is 0 Å². The molecule has 5 nitrogen and oxygen atoms in total. The Balaban J connectivity index is 2.78. The molecular weight excluding hydrogens is 162 g/mol. The van der Waals surface area contributed by atoms with E-state index in [1.807, 2.05) is 0 Å². The zero-order valence-electron chi connectivity index (χ0n) is 6.53. The molecule has 1 fully saturated rings. The van der Waals surface area contributed by atoms with Crippen molar-refractivity contribution in [3.8, 4) is 0 Å². The second-order valence-corrected chi connectivity index (χ2v) is 2.58. The summed E-state index contributed by atoms with van der Waals surface area (Å²) in [6.07, 6.45) is 1.17. The molecule has 0 aromatic carbocycles. The van der Waals surface area contributed by atoms with Gasteiger partial charge < -0.3 is 20.2 Å². The van der Waals surface area contributed by atoms with Crippen molar-refractivity contribution in [2.75, 3.05) is 13.2 Å². The third-order valence-electron chi connectivity index (χ3n) is 1.82. The average molecular weight is 173 g/mol. The molecule has 0 bridgehead atoms. The van der Waals surface area contributed by atoms with E-state index in [-0.39, 0.29) is 5.70 Å². The Morgan fingerprint density at radius 1 is 1.50 bits per heavy atom. The molecule has 1 rings (SSSR count). The van der Waals surface area contributed by atoms with Crippen LogP contribution in [-0.2, 0) is 4.79 Å². The lowest BCUT2D eigenvalue weighted by molar-refractivity contribution is -0.131. The molecular formula is C7H11NO4. The molecule has 1 saturated heterocycles. The number of aliphatic hydroxyl groups is 3. The summed E-state index contributed by atoms with van der Waals surface area (Å²) in [7, 11) is 0. The van der Waals surface area contributed by atoms with Crippen LogP contribution in [0.2, 0.25) is 0 Å². The van der Waals surface area contributed by atoms with Crippen LogP contribution in [0.3, 0.4) is 0 Å². The number of allylic oxidation sites excluding steroid dienone is 1. The highest BCUT2D eigenvalue weighted by atomic mass is 16.5. The minimum Gasteiger partial charge on any atom is -0.480 e. The van der Waals surface area contributed by atoms with Crippen LogP contribution < -0.4 is 0 Å². The van der Waals surface area contributed by atoms with Gasteiger partial charge in [-0.25, -0.2) is 0 Å². The van der Waals surface area contributed by atoms with E-state index >= 15 is 0 Å². The second-order valence-electron chi connectivity index (χ2n) is 2.58. The number of likely N-dealkylation sites (tertiary alicyclic amines) is 1. The molecule has 1 aliphatic rings. The molecule has 1 amide bonds. The number of amides is 1. The number of aliphatic hydroxyl groups excluding tert-OH is 2. The number of nitrogens with zero attached hydrogens (tertiary/aromatic N) is 1. The van der Waals surface area contributed by atoms with Crippen molar-refractivity contribution in [1.82, 2.24) is 4.90 Å². The molecule has 0 atom stereocenters. The predicted molar refractivity (Wildman–Crippen MR) is 40.3 cm³/mol. The molecule has 5 heteroatoms. The molecule has 1 aliphatic heterocycles.